The van der Waals surface area contributed by atoms with Crippen LogP contribution in [0.4, 0.5) is 0 Å². The molecule has 2 rings (SSSR count). The van der Waals surface area contributed by atoms with Gasteiger partial charge in [-0.3, -0.25) is 4.79 Å². The van der Waals surface area contributed by atoms with Gasteiger partial charge in [0.15, 0.2) is 5.76 Å². The number of carboxylic acids is 1. The van der Waals surface area contributed by atoms with E-state index in [1.165, 1.54) is 22.3 Å². The zero-order valence-electron chi connectivity index (χ0n) is 9.92. The van der Waals surface area contributed by atoms with Crippen molar-refractivity contribution in [2.45, 2.75) is 6.54 Å². The fourth-order valence-electron chi connectivity index (χ4n) is 1.49. The largest absolute Gasteiger partial charge is 0.478 e. The van der Waals surface area contributed by atoms with Gasteiger partial charge < -0.3 is 14.4 Å². The van der Waals surface area contributed by atoms with E-state index in [9.17, 15) is 9.59 Å². The van der Waals surface area contributed by atoms with Crippen molar-refractivity contribution in [3.8, 4) is 0 Å². The minimum absolute atomic E-state index is 0.00236. The standard InChI is InChI=1S/C12H10ClNO4S/c1-14(5-8-2-3-10(13)19-8)11(15)9-4-7(6-18-9)12(16)17/h2-4,6H,5H2,1H3,(H,16,17). The summed E-state index contributed by atoms with van der Waals surface area (Å²) in [5.41, 5.74) is -0.0454. The van der Waals surface area contributed by atoms with E-state index >= 15 is 0 Å². The number of thiophene rings is 1. The first kappa shape index (κ1) is 13.6. The summed E-state index contributed by atoms with van der Waals surface area (Å²) in [5.74, 6) is -1.50. The zero-order chi connectivity index (χ0) is 14.0. The molecule has 0 saturated heterocycles. The van der Waals surface area contributed by atoms with Gasteiger partial charge in [-0.15, -0.1) is 11.3 Å². The molecular weight excluding hydrogens is 290 g/mol. The van der Waals surface area contributed by atoms with Crippen molar-refractivity contribution in [2.75, 3.05) is 7.05 Å². The Morgan fingerprint density at radius 2 is 2.21 bits per heavy atom. The van der Waals surface area contributed by atoms with Crippen LogP contribution in [0, 0.1) is 0 Å². The molecule has 0 aliphatic rings. The van der Waals surface area contributed by atoms with Crippen LogP contribution in [0.3, 0.4) is 0 Å². The molecule has 0 saturated carbocycles. The number of carbonyl (C=O) groups excluding carboxylic acids is 1. The lowest BCUT2D eigenvalue weighted by atomic mass is 10.3. The highest BCUT2D eigenvalue weighted by Gasteiger charge is 2.18. The van der Waals surface area contributed by atoms with Crippen LogP contribution in [0.2, 0.25) is 4.34 Å². The number of amides is 1. The number of carbonyl (C=O) groups is 2. The second-order valence-electron chi connectivity index (χ2n) is 3.87. The van der Waals surface area contributed by atoms with E-state index in [1.807, 2.05) is 6.07 Å². The molecule has 1 amide bonds. The topological polar surface area (TPSA) is 70.8 Å². The Bertz CT molecular complexity index is 619. The van der Waals surface area contributed by atoms with Gasteiger partial charge in [-0.25, -0.2) is 4.79 Å². The van der Waals surface area contributed by atoms with Gasteiger partial charge >= 0.3 is 5.97 Å². The van der Waals surface area contributed by atoms with E-state index in [2.05, 4.69) is 0 Å². The molecule has 0 aliphatic carbocycles. The predicted molar refractivity (Wildman–Crippen MR) is 70.8 cm³/mol. The molecule has 2 heterocycles. The zero-order valence-corrected chi connectivity index (χ0v) is 11.5. The van der Waals surface area contributed by atoms with E-state index in [4.69, 9.17) is 21.1 Å². The number of hydrogen-bond donors (Lipinski definition) is 1. The number of rotatable bonds is 4. The molecule has 2 aromatic heterocycles. The Morgan fingerprint density at radius 1 is 1.47 bits per heavy atom. The fraction of sp³-hybridized carbons (Fsp3) is 0.167. The Balaban J connectivity index is 2.07. The maximum atomic E-state index is 12.0. The maximum absolute atomic E-state index is 12.0. The van der Waals surface area contributed by atoms with Crippen molar-refractivity contribution in [3.63, 3.8) is 0 Å². The van der Waals surface area contributed by atoms with Crippen molar-refractivity contribution in [1.29, 1.82) is 0 Å². The van der Waals surface area contributed by atoms with Crippen LogP contribution < -0.4 is 0 Å². The third kappa shape index (κ3) is 3.15. The van der Waals surface area contributed by atoms with Crippen molar-refractivity contribution in [1.82, 2.24) is 4.90 Å². The van der Waals surface area contributed by atoms with Gasteiger partial charge in [0.2, 0.25) is 0 Å². The van der Waals surface area contributed by atoms with Crippen LogP contribution >= 0.6 is 22.9 Å². The number of carboxylic acid groups (broad SMARTS) is 1. The fourth-order valence-corrected chi connectivity index (χ4v) is 2.63. The minimum Gasteiger partial charge on any atom is -0.478 e. The average Bonchev–Trinajstić information content (AvgIpc) is 2.97. The monoisotopic (exact) mass is 299 g/mol. The van der Waals surface area contributed by atoms with Crippen LogP contribution in [0.25, 0.3) is 0 Å². The molecule has 1 N–H and O–H groups in total. The van der Waals surface area contributed by atoms with Gasteiger partial charge in [-0.1, -0.05) is 11.6 Å². The molecule has 0 aliphatic heterocycles. The van der Waals surface area contributed by atoms with E-state index in [-0.39, 0.29) is 17.2 Å². The lowest BCUT2D eigenvalue weighted by molar-refractivity contribution is 0.0695. The quantitative estimate of drug-likeness (QED) is 0.942. The summed E-state index contributed by atoms with van der Waals surface area (Å²) in [7, 11) is 1.61. The Hall–Kier alpha value is -1.79. The molecule has 0 aromatic carbocycles. The summed E-state index contributed by atoms with van der Waals surface area (Å²) >= 11 is 7.20. The summed E-state index contributed by atoms with van der Waals surface area (Å²) in [4.78, 5) is 25.1. The molecule has 19 heavy (non-hydrogen) atoms. The van der Waals surface area contributed by atoms with E-state index in [0.29, 0.717) is 10.9 Å². The first-order chi connectivity index (χ1) is 8.97. The normalized spacial score (nSPS) is 10.4. The van der Waals surface area contributed by atoms with Crippen LogP contribution in [-0.2, 0) is 6.54 Å². The van der Waals surface area contributed by atoms with Gasteiger partial charge in [0.05, 0.1) is 16.4 Å². The Kier molecular flexibility index (Phi) is 3.92. The van der Waals surface area contributed by atoms with Gasteiger partial charge in [0.25, 0.3) is 5.91 Å². The van der Waals surface area contributed by atoms with Gasteiger partial charge in [-0.2, -0.15) is 0 Å². The molecule has 7 heteroatoms. The van der Waals surface area contributed by atoms with Crippen molar-refractivity contribution < 1.29 is 19.1 Å². The Morgan fingerprint density at radius 3 is 2.74 bits per heavy atom. The lowest BCUT2D eigenvalue weighted by Crippen LogP contribution is -2.25. The number of hydrogen-bond acceptors (Lipinski definition) is 4. The molecular formula is C12H10ClNO4S. The summed E-state index contributed by atoms with van der Waals surface area (Å²) in [6, 6.07) is 4.81. The predicted octanol–water partition coefficient (Wildman–Crippen LogP) is 2.96. The van der Waals surface area contributed by atoms with E-state index in [0.717, 1.165) is 11.1 Å². The van der Waals surface area contributed by atoms with Crippen LogP contribution in [0.15, 0.2) is 28.9 Å². The van der Waals surface area contributed by atoms with Crippen LogP contribution in [0.1, 0.15) is 25.8 Å². The highest BCUT2D eigenvalue weighted by atomic mass is 35.5. The maximum Gasteiger partial charge on any atom is 0.338 e. The third-order valence-corrected chi connectivity index (χ3v) is 3.64. The molecule has 0 radical (unpaired) electrons. The summed E-state index contributed by atoms with van der Waals surface area (Å²) in [6.45, 7) is 0.388. The third-order valence-electron chi connectivity index (χ3n) is 2.43. The molecule has 100 valence electrons. The highest BCUT2D eigenvalue weighted by molar-refractivity contribution is 7.16. The van der Waals surface area contributed by atoms with Crippen molar-refractivity contribution in [2.24, 2.45) is 0 Å². The average molecular weight is 300 g/mol. The molecule has 0 fully saturated rings. The minimum atomic E-state index is -1.13. The number of nitrogens with zero attached hydrogens (tertiary/aromatic N) is 1. The first-order valence-electron chi connectivity index (χ1n) is 5.29. The molecule has 0 atom stereocenters. The Labute approximate surface area is 118 Å². The highest BCUT2D eigenvalue weighted by Crippen LogP contribution is 2.23. The smallest absolute Gasteiger partial charge is 0.338 e. The summed E-state index contributed by atoms with van der Waals surface area (Å²) in [6.07, 6.45) is 1.05. The van der Waals surface area contributed by atoms with Crippen molar-refractivity contribution >= 4 is 34.8 Å². The van der Waals surface area contributed by atoms with Crippen LogP contribution in [0.5, 0.6) is 0 Å². The molecule has 0 bridgehead atoms. The SMILES string of the molecule is CN(Cc1ccc(Cl)s1)C(=O)c1cc(C(=O)O)co1. The number of aromatic carboxylic acids is 1. The van der Waals surface area contributed by atoms with Gasteiger partial charge in [-0.05, 0) is 12.1 Å². The molecule has 0 spiro atoms. The second kappa shape index (κ2) is 5.46. The van der Waals surface area contributed by atoms with E-state index < -0.39 is 5.97 Å². The van der Waals surface area contributed by atoms with Crippen LogP contribution in [-0.4, -0.2) is 28.9 Å². The molecule has 2 aromatic rings. The number of furan rings is 1. The van der Waals surface area contributed by atoms with Gasteiger partial charge in [0, 0.05) is 18.0 Å². The lowest BCUT2D eigenvalue weighted by Gasteiger charge is -2.14. The summed E-state index contributed by atoms with van der Waals surface area (Å²) in [5, 5.41) is 8.76. The van der Waals surface area contributed by atoms with Gasteiger partial charge in [0.1, 0.15) is 6.26 Å². The van der Waals surface area contributed by atoms with Crippen molar-refractivity contribution in [3.05, 3.63) is 45.0 Å². The molecule has 5 nitrogen and oxygen atoms in total. The van der Waals surface area contributed by atoms with E-state index in [1.54, 1.807) is 13.1 Å². The molecule has 0 unspecified atom stereocenters. The summed E-state index contributed by atoms with van der Waals surface area (Å²) < 4.78 is 5.61. The number of halogens is 1. The first-order valence-corrected chi connectivity index (χ1v) is 6.48. The second-order valence-corrected chi connectivity index (χ2v) is 5.67.